The third kappa shape index (κ3) is 1.98. The maximum atomic E-state index is 4.81. The van der Waals surface area contributed by atoms with E-state index in [1.54, 1.807) is 22.7 Å². The minimum Gasteiger partial charge on any atom is -0.241 e. The molecule has 4 aromatic rings. The second-order valence-corrected chi connectivity index (χ2v) is 8.09. The number of fused-ring (bicyclic) bond motifs is 2. The van der Waals surface area contributed by atoms with Gasteiger partial charge in [0, 0.05) is 11.1 Å². The molecule has 0 bridgehead atoms. The molecular formula is C18H16N2S2. The highest BCUT2D eigenvalue weighted by atomic mass is 32.1. The zero-order valence-corrected chi connectivity index (χ0v) is 14.7. The van der Waals surface area contributed by atoms with Crippen LogP contribution >= 0.6 is 22.7 Å². The largest absolute Gasteiger partial charge is 0.241 e. The first-order valence-corrected chi connectivity index (χ1v) is 8.92. The minimum atomic E-state index is 1.09. The number of aryl methyl sites for hydroxylation is 4. The molecule has 0 fully saturated rings. The average Bonchev–Trinajstić information content (AvgIpc) is 3.03. The molecule has 0 saturated heterocycles. The van der Waals surface area contributed by atoms with Crippen LogP contribution in [0.2, 0.25) is 0 Å². The van der Waals surface area contributed by atoms with E-state index in [1.807, 2.05) is 0 Å². The van der Waals surface area contributed by atoms with Gasteiger partial charge >= 0.3 is 0 Å². The van der Waals surface area contributed by atoms with Gasteiger partial charge in [0.25, 0.3) is 0 Å². The molecule has 0 amide bonds. The molecule has 0 aliphatic carbocycles. The standard InChI is InChI=1S/C18H16N2S2/c1-9-6-8-14-18(22-11(3)19-14)15(9)13-7-5-10(2)17-16(13)20-12(4)21-17/h5-8H,1-4H3. The van der Waals surface area contributed by atoms with E-state index >= 15 is 0 Å². The highest BCUT2D eigenvalue weighted by molar-refractivity contribution is 7.19. The summed E-state index contributed by atoms with van der Waals surface area (Å²) in [5, 5.41) is 2.23. The Morgan fingerprint density at radius 1 is 0.727 bits per heavy atom. The summed E-state index contributed by atoms with van der Waals surface area (Å²) in [5.41, 5.74) is 7.32. The van der Waals surface area contributed by atoms with Crippen molar-refractivity contribution in [2.45, 2.75) is 27.7 Å². The Bertz CT molecular complexity index is 1020. The van der Waals surface area contributed by atoms with Crippen molar-refractivity contribution in [1.29, 1.82) is 0 Å². The van der Waals surface area contributed by atoms with Crippen molar-refractivity contribution in [3.05, 3.63) is 45.4 Å². The van der Waals surface area contributed by atoms with Crippen molar-refractivity contribution in [2.75, 3.05) is 0 Å². The van der Waals surface area contributed by atoms with E-state index in [0.29, 0.717) is 0 Å². The smallest absolute Gasteiger partial charge is 0.0908 e. The maximum absolute atomic E-state index is 4.81. The first-order chi connectivity index (χ1) is 10.5. The van der Waals surface area contributed by atoms with Gasteiger partial charge in [-0.25, -0.2) is 9.97 Å². The van der Waals surface area contributed by atoms with Crippen LogP contribution in [-0.2, 0) is 0 Å². The monoisotopic (exact) mass is 324 g/mol. The molecule has 4 heteroatoms. The summed E-state index contributed by atoms with van der Waals surface area (Å²) in [6.45, 7) is 8.49. The topological polar surface area (TPSA) is 25.8 Å². The van der Waals surface area contributed by atoms with Gasteiger partial charge in [-0.15, -0.1) is 22.7 Å². The first kappa shape index (κ1) is 13.9. The molecule has 0 saturated carbocycles. The third-order valence-corrected chi connectivity index (χ3v) is 6.10. The Labute approximate surface area is 137 Å². The Morgan fingerprint density at radius 2 is 1.41 bits per heavy atom. The second kappa shape index (κ2) is 4.86. The third-order valence-electron chi connectivity index (χ3n) is 3.99. The summed E-state index contributed by atoms with van der Waals surface area (Å²) >= 11 is 3.55. The molecule has 0 spiro atoms. The molecule has 2 aromatic heterocycles. The van der Waals surface area contributed by atoms with Crippen LogP contribution in [0.4, 0.5) is 0 Å². The molecule has 0 aliphatic heterocycles. The summed E-state index contributed by atoms with van der Waals surface area (Å²) in [6.07, 6.45) is 0. The van der Waals surface area contributed by atoms with Gasteiger partial charge in [-0.05, 0) is 44.9 Å². The highest BCUT2D eigenvalue weighted by Crippen LogP contribution is 2.40. The zero-order valence-electron chi connectivity index (χ0n) is 13.0. The van der Waals surface area contributed by atoms with Gasteiger partial charge < -0.3 is 0 Å². The zero-order chi connectivity index (χ0) is 15.4. The molecule has 2 heterocycles. The van der Waals surface area contributed by atoms with Crippen molar-refractivity contribution >= 4 is 43.1 Å². The lowest BCUT2D eigenvalue weighted by atomic mass is 9.98. The van der Waals surface area contributed by atoms with E-state index < -0.39 is 0 Å². The fourth-order valence-corrected chi connectivity index (χ4v) is 4.92. The minimum absolute atomic E-state index is 1.09. The van der Waals surface area contributed by atoms with E-state index in [4.69, 9.17) is 4.98 Å². The Morgan fingerprint density at radius 3 is 2.23 bits per heavy atom. The van der Waals surface area contributed by atoms with Crippen molar-refractivity contribution in [2.24, 2.45) is 0 Å². The van der Waals surface area contributed by atoms with Crippen LogP contribution < -0.4 is 0 Å². The Hall–Kier alpha value is -1.78. The summed E-state index contributed by atoms with van der Waals surface area (Å²) in [7, 11) is 0. The molecule has 0 aliphatic rings. The lowest BCUT2D eigenvalue weighted by Crippen LogP contribution is -1.87. The molecule has 0 unspecified atom stereocenters. The SMILES string of the molecule is Cc1nc2ccc(C)c(-c3ccc(C)c4sc(C)nc34)c2s1. The summed E-state index contributed by atoms with van der Waals surface area (Å²) in [6, 6.07) is 8.71. The number of benzene rings is 2. The van der Waals surface area contributed by atoms with E-state index in [9.17, 15) is 0 Å². The van der Waals surface area contributed by atoms with Gasteiger partial charge in [0.15, 0.2) is 0 Å². The predicted octanol–water partition coefficient (Wildman–Crippen LogP) is 5.81. The van der Waals surface area contributed by atoms with Crippen LogP contribution in [0.3, 0.4) is 0 Å². The number of hydrogen-bond donors (Lipinski definition) is 0. The highest BCUT2D eigenvalue weighted by Gasteiger charge is 2.16. The van der Waals surface area contributed by atoms with Crippen LogP contribution in [0, 0.1) is 27.7 Å². The summed E-state index contributed by atoms with van der Waals surface area (Å²) < 4.78 is 2.57. The fourth-order valence-electron chi connectivity index (χ4n) is 2.98. The first-order valence-electron chi connectivity index (χ1n) is 7.28. The molecule has 22 heavy (non-hydrogen) atoms. The lowest BCUT2D eigenvalue weighted by molar-refractivity contribution is 1.34. The van der Waals surface area contributed by atoms with Crippen LogP contribution in [0.25, 0.3) is 31.6 Å². The number of nitrogens with zero attached hydrogens (tertiary/aromatic N) is 2. The van der Waals surface area contributed by atoms with E-state index in [0.717, 1.165) is 21.0 Å². The van der Waals surface area contributed by atoms with Crippen molar-refractivity contribution in [1.82, 2.24) is 9.97 Å². The van der Waals surface area contributed by atoms with Gasteiger partial charge in [-0.3, -0.25) is 0 Å². The van der Waals surface area contributed by atoms with Crippen molar-refractivity contribution in [3.8, 4) is 11.1 Å². The van der Waals surface area contributed by atoms with Gasteiger partial charge in [0.05, 0.1) is 30.4 Å². The van der Waals surface area contributed by atoms with E-state index in [1.165, 1.54) is 31.7 Å². The molecule has 110 valence electrons. The van der Waals surface area contributed by atoms with Gasteiger partial charge in [0.1, 0.15) is 0 Å². The maximum Gasteiger partial charge on any atom is 0.0908 e. The molecule has 2 aromatic carbocycles. The number of hydrogen-bond acceptors (Lipinski definition) is 4. The number of rotatable bonds is 1. The van der Waals surface area contributed by atoms with Crippen molar-refractivity contribution in [3.63, 3.8) is 0 Å². The number of aromatic nitrogens is 2. The summed E-state index contributed by atoms with van der Waals surface area (Å²) in [4.78, 5) is 9.45. The number of thiazole rings is 2. The van der Waals surface area contributed by atoms with Crippen LogP contribution in [-0.4, -0.2) is 9.97 Å². The Balaban J connectivity index is 2.16. The van der Waals surface area contributed by atoms with Gasteiger partial charge in [0.2, 0.25) is 0 Å². The lowest BCUT2D eigenvalue weighted by Gasteiger charge is -2.09. The van der Waals surface area contributed by atoms with Crippen LogP contribution in [0.15, 0.2) is 24.3 Å². The predicted molar refractivity (Wildman–Crippen MR) is 97.2 cm³/mol. The second-order valence-electron chi connectivity index (χ2n) is 5.68. The van der Waals surface area contributed by atoms with Crippen LogP contribution in [0.1, 0.15) is 21.1 Å². The average molecular weight is 324 g/mol. The Kier molecular flexibility index (Phi) is 3.06. The molecule has 0 N–H and O–H groups in total. The fraction of sp³-hybridized carbons (Fsp3) is 0.222. The van der Waals surface area contributed by atoms with Crippen molar-refractivity contribution < 1.29 is 0 Å². The molecule has 0 atom stereocenters. The van der Waals surface area contributed by atoms with Gasteiger partial charge in [-0.1, -0.05) is 18.2 Å². The van der Waals surface area contributed by atoms with E-state index in [-0.39, 0.29) is 0 Å². The molecular weight excluding hydrogens is 308 g/mol. The quantitative estimate of drug-likeness (QED) is 0.442. The van der Waals surface area contributed by atoms with Crippen LogP contribution in [0.5, 0.6) is 0 Å². The summed E-state index contributed by atoms with van der Waals surface area (Å²) in [5.74, 6) is 0. The molecule has 4 rings (SSSR count). The molecule has 0 radical (unpaired) electrons. The van der Waals surface area contributed by atoms with E-state index in [2.05, 4.69) is 56.9 Å². The molecule has 2 nitrogen and oxygen atoms in total. The normalized spacial score (nSPS) is 11.6. The van der Waals surface area contributed by atoms with Gasteiger partial charge in [-0.2, -0.15) is 0 Å².